The minimum absolute atomic E-state index is 0.299. The highest BCUT2D eigenvalue weighted by molar-refractivity contribution is 7.80. The summed E-state index contributed by atoms with van der Waals surface area (Å²) >= 11 is 4.95. The lowest BCUT2D eigenvalue weighted by Crippen LogP contribution is -2.22. The third-order valence-electron chi connectivity index (χ3n) is 2.89. The van der Waals surface area contributed by atoms with Gasteiger partial charge in [0.25, 0.3) is 0 Å². The summed E-state index contributed by atoms with van der Waals surface area (Å²) in [4.78, 5) is 11.7. The number of thiocarbonyl (C=S) groups is 1. The van der Waals surface area contributed by atoms with Crippen molar-refractivity contribution in [3.63, 3.8) is 0 Å². The van der Waals surface area contributed by atoms with Crippen molar-refractivity contribution in [2.75, 3.05) is 6.61 Å². The second-order valence-corrected chi connectivity index (χ2v) is 4.81. The van der Waals surface area contributed by atoms with E-state index in [0.29, 0.717) is 23.8 Å². The van der Waals surface area contributed by atoms with Crippen LogP contribution in [0.5, 0.6) is 5.75 Å². The first kappa shape index (κ1) is 12.8. The highest BCUT2D eigenvalue weighted by Gasteiger charge is 2.29. The molecule has 0 bridgehead atoms. The Morgan fingerprint density at radius 1 is 1.44 bits per heavy atom. The van der Waals surface area contributed by atoms with E-state index in [2.05, 4.69) is 0 Å². The number of carbonyl (C=O) groups is 1. The summed E-state index contributed by atoms with van der Waals surface area (Å²) in [5.41, 5.74) is 8.24. The fourth-order valence-corrected chi connectivity index (χ4v) is 2.12. The average Bonchev–Trinajstić information content (AvgIpc) is 2.69. The van der Waals surface area contributed by atoms with Gasteiger partial charge in [0, 0.05) is 12.0 Å². The highest BCUT2D eigenvalue weighted by Crippen LogP contribution is 2.27. The Morgan fingerprint density at radius 2 is 2.06 bits per heavy atom. The zero-order chi connectivity index (χ0) is 13.3. The van der Waals surface area contributed by atoms with Crippen LogP contribution in [0.3, 0.4) is 0 Å². The molecule has 1 aliphatic heterocycles. The van der Waals surface area contributed by atoms with E-state index >= 15 is 0 Å². The van der Waals surface area contributed by atoms with Gasteiger partial charge in [-0.3, -0.25) is 0 Å². The van der Waals surface area contributed by atoms with Gasteiger partial charge in [0.05, 0.1) is 6.61 Å². The number of carbonyl (C=O) groups excluding carboxylic acids is 1. The lowest BCUT2D eigenvalue weighted by atomic mass is 10.1. The molecule has 1 aliphatic rings. The van der Waals surface area contributed by atoms with E-state index in [4.69, 9.17) is 27.4 Å². The monoisotopic (exact) mass is 265 g/mol. The minimum atomic E-state index is -0.502. The van der Waals surface area contributed by atoms with Crippen molar-refractivity contribution in [2.45, 2.75) is 26.4 Å². The lowest BCUT2D eigenvalue weighted by Gasteiger charge is -2.16. The van der Waals surface area contributed by atoms with Crippen molar-refractivity contribution >= 4 is 23.2 Å². The Kier molecular flexibility index (Phi) is 3.52. The van der Waals surface area contributed by atoms with E-state index in [1.807, 2.05) is 26.0 Å². The van der Waals surface area contributed by atoms with E-state index in [1.165, 1.54) is 0 Å². The number of hydrogen-bond acceptors (Lipinski definition) is 4. The Labute approximate surface area is 111 Å². The van der Waals surface area contributed by atoms with Crippen LogP contribution in [0.15, 0.2) is 12.1 Å². The molecule has 1 heterocycles. The molecule has 4 nitrogen and oxygen atoms in total. The molecule has 0 aromatic heterocycles. The molecule has 1 aromatic rings. The number of esters is 1. The van der Waals surface area contributed by atoms with Crippen LogP contribution in [0.2, 0.25) is 0 Å². The first-order chi connectivity index (χ1) is 8.49. The van der Waals surface area contributed by atoms with Gasteiger partial charge in [-0.15, -0.1) is 0 Å². The smallest absolute Gasteiger partial charge is 0.347 e. The molecule has 0 radical (unpaired) electrons. The number of nitrogens with two attached hydrogens (primary N) is 1. The van der Waals surface area contributed by atoms with Crippen LogP contribution in [0.25, 0.3) is 0 Å². The number of benzene rings is 1. The summed E-state index contributed by atoms with van der Waals surface area (Å²) in [6, 6.07) is 3.73. The largest absolute Gasteiger partial charge is 0.478 e. The zero-order valence-corrected chi connectivity index (χ0v) is 11.2. The Hall–Kier alpha value is -1.62. The molecule has 1 atom stereocenters. The molecule has 1 fully saturated rings. The maximum Gasteiger partial charge on any atom is 0.347 e. The van der Waals surface area contributed by atoms with Gasteiger partial charge in [-0.1, -0.05) is 12.2 Å². The van der Waals surface area contributed by atoms with Crippen LogP contribution < -0.4 is 10.5 Å². The van der Waals surface area contributed by atoms with Crippen molar-refractivity contribution in [3.8, 4) is 5.75 Å². The molecule has 0 amide bonds. The molecule has 0 aliphatic carbocycles. The van der Waals surface area contributed by atoms with E-state index in [0.717, 1.165) is 16.7 Å². The van der Waals surface area contributed by atoms with Gasteiger partial charge in [-0.25, -0.2) is 4.79 Å². The molecule has 1 aromatic carbocycles. The highest BCUT2D eigenvalue weighted by atomic mass is 32.1. The molecular formula is C13H15NO3S. The minimum Gasteiger partial charge on any atom is -0.478 e. The maximum atomic E-state index is 11.4. The molecule has 1 saturated heterocycles. The van der Waals surface area contributed by atoms with Crippen molar-refractivity contribution in [2.24, 2.45) is 5.73 Å². The van der Waals surface area contributed by atoms with Crippen LogP contribution in [0.4, 0.5) is 0 Å². The molecule has 0 spiro atoms. The van der Waals surface area contributed by atoms with Crippen LogP contribution in [0, 0.1) is 13.8 Å². The van der Waals surface area contributed by atoms with E-state index in [9.17, 15) is 4.79 Å². The van der Waals surface area contributed by atoms with E-state index in [-0.39, 0.29) is 5.97 Å². The van der Waals surface area contributed by atoms with Gasteiger partial charge in [0.1, 0.15) is 10.7 Å². The second kappa shape index (κ2) is 4.94. The summed E-state index contributed by atoms with van der Waals surface area (Å²) < 4.78 is 10.6. The third kappa shape index (κ3) is 2.46. The fourth-order valence-electron chi connectivity index (χ4n) is 2.01. The number of rotatable bonds is 3. The van der Waals surface area contributed by atoms with Gasteiger partial charge in [0.2, 0.25) is 0 Å². The first-order valence-electron chi connectivity index (χ1n) is 5.73. The second-order valence-electron chi connectivity index (χ2n) is 4.37. The predicted molar refractivity (Wildman–Crippen MR) is 71.8 cm³/mol. The number of hydrogen-bond donors (Lipinski definition) is 1. The first-order valence-corrected chi connectivity index (χ1v) is 6.14. The van der Waals surface area contributed by atoms with Crippen LogP contribution >= 0.6 is 12.2 Å². The van der Waals surface area contributed by atoms with E-state index in [1.54, 1.807) is 0 Å². The molecule has 2 rings (SSSR count). The van der Waals surface area contributed by atoms with Crippen LogP contribution in [-0.2, 0) is 9.53 Å². The summed E-state index contributed by atoms with van der Waals surface area (Å²) in [6.45, 7) is 4.24. The summed E-state index contributed by atoms with van der Waals surface area (Å²) in [5.74, 6) is 0.408. The molecule has 2 N–H and O–H groups in total. The third-order valence-corrected chi connectivity index (χ3v) is 3.13. The normalized spacial score (nSPS) is 18.6. The fraction of sp³-hybridized carbons (Fsp3) is 0.385. The van der Waals surface area contributed by atoms with Crippen molar-refractivity contribution < 1.29 is 14.3 Å². The standard InChI is InChI=1S/C13H15NO3S/c1-7-5-9(12(14)18)6-8(2)11(7)17-10-3-4-16-13(10)15/h5-6,10H,3-4H2,1-2H3,(H2,14,18). The quantitative estimate of drug-likeness (QED) is 0.665. The Bertz CT molecular complexity index is 490. The van der Waals surface area contributed by atoms with Gasteiger partial charge in [-0.05, 0) is 37.1 Å². The van der Waals surface area contributed by atoms with Gasteiger partial charge in [-0.2, -0.15) is 0 Å². The van der Waals surface area contributed by atoms with Gasteiger partial charge < -0.3 is 15.2 Å². The maximum absolute atomic E-state index is 11.4. The topological polar surface area (TPSA) is 61.6 Å². The average molecular weight is 265 g/mol. The van der Waals surface area contributed by atoms with Crippen molar-refractivity contribution in [1.29, 1.82) is 0 Å². The molecule has 0 saturated carbocycles. The van der Waals surface area contributed by atoms with Crippen LogP contribution in [0.1, 0.15) is 23.1 Å². The Morgan fingerprint density at radius 3 is 2.50 bits per heavy atom. The molecule has 18 heavy (non-hydrogen) atoms. The lowest BCUT2D eigenvalue weighted by molar-refractivity contribution is -0.143. The van der Waals surface area contributed by atoms with Crippen molar-refractivity contribution in [1.82, 2.24) is 0 Å². The number of aryl methyl sites for hydroxylation is 2. The molecular weight excluding hydrogens is 250 g/mol. The SMILES string of the molecule is Cc1cc(C(N)=S)cc(C)c1OC1CCOC1=O. The van der Waals surface area contributed by atoms with E-state index < -0.39 is 6.10 Å². The summed E-state index contributed by atoms with van der Waals surface area (Å²) in [7, 11) is 0. The van der Waals surface area contributed by atoms with Crippen LogP contribution in [-0.4, -0.2) is 23.7 Å². The van der Waals surface area contributed by atoms with Crippen molar-refractivity contribution in [3.05, 3.63) is 28.8 Å². The number of ether oxygens (including phenoxy) is 2. The zero-order valence-electron chi connectivity index (χ0n) is 10.4. The predicted octanol–water partition coefficient (Wildman–Crippen LogP) is 1.63. The number of cyclic esters (lactones) is 1. The van der Waals surface area contributed by atoms with Gasteiger partial charge in [0.15, 0.2) is 6.10 Å². The van der Waals surface area contributed by atoms with Gasteiger partial charge >= 0.3 is 5.97 Å². The summed E-state index contributed by atoms with van der Waals surface area (Å²) in [6.07, 6.45) is 0.0902. The summed E-state index contributed by atoms with van der Waals surface area (Å²) in [5, 5.41) is 0. The Balaban J connectivity index is 2.28. The molecule has 1 unspecified atom stereocenters. The molecule has 96 valence electrons. The molecule has 5 heteroatoms.